The number of likely N-dealkylation sites (tertiary alicyclic amines) is 1. The van der Waals surface area contributed by atoms with Crippen LogP contribution < -0.4 is 10.6 Å². The molecule has 3 fully saturated rings. The average molecular weight is 343 g/mol. The molecule has 3 unspecified atom stereocenters. The Bertz CT molecular complexity index is 667. The molecular weight excluding hydrogens is 314 g/mol. The summed E-state index contributed by atoms with van der Waals surface area (Å²) in [6.45, 7) is 8.44. The molecule has 2 aliphatic heterocycles. The second-order valence-corrected chi connectivity index (χ2v) is 8.78. The van der Waals surface area contributed by atoms with Gasteiger partial charge < -0.3 is 15.4 Å². The third kappa shape index (κ3) is 2.60. The van der Waals surface area contributed by atoms with Crippen LogP contribution in [0, 0.1) is 5.41 Å². The zero-order chi connectivity index (χ0) is 17.8. The van der Waals surface area contributed by atoms with Crippen molar-refractivity contribution in [3.8, 4) is 0 Å². The number of carbonyl (C=O) groups is 1. The Hall–Kier alpha value is -1.75. The summed E-state index contributed by atoms with van der Waals surface area (Å²) in [5, 5.41) is 0. The average Bonchev–Trinajstić information content (AvgIpc) is 2.90. The van der Waals surface area contributed by atoms with E-state index in [-0.39, 0.29) is 6.09 Å². The summed E-state index contributed by atoms with van der Waals surface area (Å²) in [5.41, 5.74) is 8.03. The fraction of sp³-hybridized carbons (Fsp3) is 0.650. The number of anilines is 1. The van der Waals surface area contributed by atoms with Crippen LogP contribution in [0.4, 0.5) is 10.5 Å². The third-order valence-electron chi connectivity index (χ3n) is 6.10. The van der Waals surface area contributed by atoms with Crippen molar-refractivity contribution in [3.05, 3.63) is 29.8 Å². The number of nitrogens with zero attached hydrogens (tertiary/aromatic N) is 2. The lowest BCUT2D eigenvalue weighted by Gasteiger charge is -2.66. The number of hydrogen-bond donors (Lipinski definition) is 1. The molecule has 5 heteroatoms. The van der Waals surface area contributed by atoms with Crippen molar-refractivity contribution in [2.75, 3.05) is 24.5 Å². The lowest BCUT2D eigenvalue weighted by molar-refractivity contribution is -0.164. The van der Waals surface area contributed by atoms with Gasteiger partial charge in [0, 0.05) is 30.2 Å². The van der Waals surface area contributed by atoms with E-state index in [9.17, 15) is 4.79 Å². The number of nitrogens with two attached hydrogens (primary N) is 1. The molecule has 3 atom stereocenters. The van der Waals surface area contributed by atoms with Gasteiger partial charge in [-0.05, 0) is 64.3 Å². The van der Waals surface area contributed by atoms with Gasteiger partial charge >= 0.3 is 6.09 Å². The van der Waals surface area contributed by atoms with Gasteiger partial charge in [0.2, 0.25) is 0 Å². The normalized spacial score (nSPS) is 30.2. The maximum absolute atomic E-state index is 12.6. The molecule has 1 amide bonds. The van der Waals surface area contributed by atoms with Crippen molar-refractivity contribution in [2.45, 2.75) is 57.7 Å². The topological polar surface area (TPSA) is 58.8 Å². The van der Waals surface area contributed by atoms with Crippen LogP contribution in [0.3, 0.4) is 0 Å². The van der Waals surface area contributed by atoms with E-state index in [1.54, 1.807) is 0 Å². The van der Waals surface area contributed by atoms with Crippen LogP contribution in [0.1, 0.15) is 39.2 Å². The van der Waals surface area contributed by atoms with Crippen LogP contribution in [0.25, 0.3) is 0 Å². The van der Waals surface area contributed by atoms with E-state index in [2.05, 4.69) is 29.2 Å². The first-order valence-electron chi connectivity index (χ1n) is 9.39. The maximum Gasteiger partial charge on any atom is 0.410 e. The highest BCUT2D eigenvalue weighted by molar-refractivity contribution is 5.72. The molecule has 0 bridgehead atoms. The second kappa shape index (κ2) is 5.63. The second-order valence-electron chi connectivity index (χ2n) is 8.78. The number of carbonyl (C=O) groups excluding carboxylic acids is 1. The van der Waals surface area contributed by atoms with E-state index in [0.717, 1.165) is 25.9 Å². The zero-order valence-electron chi connectivity index (χ0n) is 15.5. The van der Waals surface area contributed by atoms with E-state index >= 15 is 0 Å². The van der Waals surface area contributed by atoms with Gasteiger partial charge in [0.1, 0.15) is 5.60 Å². The van der Waals surface area contributed by atoms with Gasteiger partial charge in [-0.25, -0.2) is 4.79 Å². The summed E-state index contributed by atoms with van der Waals surface area (Å²) < 4.78 is 5.64. The number of ether oxygens (including phenoxy) is 1. The largest absolute Gasteiger partial charge is 0.444 e. The van der Waals surface area contributed by atoms with E-state index in [0.29, 0.717) is 24.0 Å². The van der Waals surface area contributed by atoms with Crippen molar-refractivity contribution in [1.82, 2.24) is 4.90 Å². The molecule has 1 spiro atoms. The van der Waals surface area contributed by atoms with Crippen LogP contribution >= 0.6 is 0 Å². The lowest BCUT2D eigenvalue weighted by atomic mass is 9.54. The molecule has 1 aliphatic carbocycles. The summed E-state index contributed by atoms with van der Waals surface area (Å²) in [6, 6.07) is 9.39. The third-order valence-corrected chi connectivity index (χ3v) is 6.10. The predicted molar refractivity (Wildman–Crippen MR) is 98.7 cm³/mol. The van der Waals surface area contributed by atoms with E-state index in [1.165, 1.54) is 17.7 Å². The molecule has 2 N–H and O–H groups in total. The predicted octanol–water partition coefficient (Wildman–Crippen LogP) is 2.78. The lowest BCUT2D eigenvalue weighted by Crippen LogP contribution is -2.77. The summed E-state index contributed by atoms with van der Waals surface area (Å²) in [5.74, 6) is 0. The summed E-state index contributed by atoms with van der Waals surface area (Å²) in [6.07, 6.45) is 3.11. The van der Waals surface area contributed by atoms with Crippen LogP contribution in [-0.4, -0.2) is 48.3 Å². The van der Waals surface area contributed by atoms with E-state index < -0.39 is 5.60 Å². The summed E-state index contributed by atoms with van der Waals surface area (Å²) >= 11 is 0. The SMILES string of the molecule is CC(C)(C)OC(=O)N1C2CCC23CN(c2ccc(CCN)cc2)CC13. The monoisotopic (exact) mass is 343 g/mol. The van der Waals surface area contributed by atoms with E-state index in [4.69, 9.17) is 10.5 Å². The minimum atomic E-state index is -0.434. The molecule has 5 nitrogen and oxygen atoms in total. The molecule has 0 aromatic heterocycles. The quantitative estimate of drug-likeness (QED) is 0.917. The van der Waals surface area contributed by atoms with Crippen molar-refractivity contribution < 1.29 is 9.53 Å². The Morgan fingerprint density at radius 2 is 2.00 bits per heavy atom. The first-order valence-corrected chi connectivity index (χ1v) is 9.39. The van der Waals surface area contributed by atoms with Gasteiger partial charge in [0.15, 0.2) is 0 Å². The highest BCUT2D eigenvalue weighted by Crippen LogP contribution is 2.61. The van der Waals surface area contributed by atoms with Crippen LogP contribution in [-0.2, 0) is 11.2 Å². The van der Waals surface area contributed by atoms with Crippen molar-refractivity contribution in [1.29, 1.82) is 0 Å². The molecule has 2 heterocycles. The van der Waals surface area contributed by atoms with Gasteiger partial charge in [-0.2, -0.15) is 0 Å². The Morgan fingerprint density at radius 1 is 1.28 bits per heavy atom. The summed E-state index contributed by atoms with van der Waals surface area (Å²) in [7, 11) is 0. The van der Waals surface area contributed by atoms with Gasteiger partial charge in [-0.1, -0.05) is 12.1 Å². The molecule has 1 aromatic rings. The number of amides is 1. The van der Waals surface area contributed by atoms with Crippen LogP contribution in [0.2, 0.25) is 0 Å². The number of benzene rings is 1. The molecule has 2 saturated heterocycles. The molecule has 0 radical (unpaired) electrons. The van der Waals surface area contributed by atoms with Gasteiger partial charge in [0.25, 0.3) is 0 Å². The van der Waals surface area contributed by atoms with Gasteiger partial charge in [0.05, 0.1) is 6.04 Å². The Balaban J connectivity index is 1.48. The summed E-state index contributed by atoms with van der Waals surface area (Å²) in [4.78, 5) is 17.1. The number of rotatable bonds is 3. The van der Waals surface area contributed by atoms with Gasteiger partial charge in [-0.3, -0.25) is 4.90 Å². The van der Waals surface area contributed by atoms with Crippen LogP contribution in [0.5, 0.6) is 0 Å². The van der Waals surface area contributed by atoms with E-state index in [1.807, 2.05) is 25.7 Å². The Morgan fingerprint density at radius 3 is 2.56 bits per heavy atom. The molecule has 3 aliphatic rings. The van der Waals surface area contributed by atoms with Gasteiger partial charge in [-0.15, -0.1) is 0 Å². The smallest absolute Gasteiger partial charge is 0.410 e. The fourth-order valence-electron chi connectivity index (χ4n) is 4.86. The Labute approximate surface area is 150 Å². The highest BCUT2D eigenvalue weighted by atomic mass is 16.6. The zero-order valence-corrected chi connectivity index (χ0v) is 15.5. The van der Waals surface area contributed by atoms with Crippen molar-refractivity contribution in [2.24, 2.45) is 11.1 Å². The molecule has 136 valence electrons. The number of piperidine rings is 1. The highest BCUT2D eigenvalue weighted by Gasteiger charge is 2.71. The van der Waals surface area contributed by atoms with Crippen molar-refractivity contribution >= 4 is 11.8 Å². The molecule has 4 rings (SSSR count). The minimum absolute atomic E-state index is 0.141. The first-order chi connectivity index (χ1) is 11.8. The molecule has 1 aromatic carbocycles. The standard InChI is InChI=1S/C20H29N3O2/c1-19(2,3)25-18(24)23-16-8-10-20(16)13-22(12-17(20)23)15-6-4-14(5-7-15)9-11-21/h4-7,16-17H,8-13,21H2,1-3H3. The number of hydrogen-bond acceptors (Lipinski definition) is 4. The minimum Gasteiger partial charge on any atom is -0.444 e. The Kier molecular flexibility index (Phi) is 3.76. The molecule has 25 heavy (non-hydrogen) atoms. The van der Waals surface area contributed by atoms with Crippen LogP contribution in [0.15, 0.2) is 24.3 Å². The first kappa shape index (κ1) is 16.7. The molecule has 1 saturated carbocycles. The molecular formula is C20H29N3O2. The fourth-order valence-corrected chi connectivity index (χ4v) is 4.86. The maximum atomic E-state index is 12.6. The van der Waals surface area contributed by atoms with Crippen molar-refractivity contribution in [3.63, 3.8) is 0 Å².